The molecule has 1 aliphatic carbocycles. The molecular formula is C20H32N4O3. The molecule has 7 heteroatoms. The summed E-state index contributed by atoms with van der Waals surface area (Å²) in [6.45, 7) is 3.53. The number of nitrogens with zero attached hydrogens (tertiary/aromatic N) is 2. The van der Waals surface area contributed by atoms with Crippen molar-refractivity contribution in [2.24, 2.45) is 11.8 Å². The maximum atomic E-state index is 13.1. The molecule has 0 aromatic heterocycles. The molecule has 2 aliphatic heterocycles. The van der Waals surface area contributed by atoms with E-state index < -0.39 is 5.54 Å². The summed E-state index contributed by atoms with van der Waals surface area (Å²) in [4.78, 5) is 27.6. The number of morpholine rings is 1. The molecule has 0 bridgehead atoms. The lowest BCUT2D eigenvalue weighted by molar-refractivity contribution is -0.140. The molecule has 7 nitrogen and oxygen atoms in total. The van der Waals surface area contributed by atoms with Crippen LogP contribution in [0.25, 0.3) is 0 Å². The highest BCUT2D eigenvalue weighted by Gasteiger charge is 2.38. The summed E-state index contributed by atoms with van der Waals surface area (Å²) >= 11 is 0. The van der Waals surface area contributed by atoms with E-state index in [-0.39, 0.29) is 24.2 Å². The molecule has 1 saturated carbocycles. The molecule has 2 amide bonds. The number of hydrogen-bond donors (Lipinski definition) is 2. The third-order valence-electron chi connectivity index (χ3n) is 6.23. The largest absolute Gasteiger partial charge is 0.378 e. The van der Waals surface area contributed by atoms with E-state index in [0.29, 0.717) is 45.2 Å². The Kier molecular flexibility index (Phi) is 7.08. The lowest BCUT2D eigenvalue weighted by atomic mass is 9.81. The van der Waals surface area contributed by atoms with E-state index in [2.05, 4.69) is 16.7 Å². The van der Waals surface area contributed by atoms with Crippen molar-refractivity contribution >= 4 is 11.8 Å². The summed E-state index contributed by atoms with van der Waals surface area (Å²) in [7, 11) is 0. The van der Waals surface area contributed by atoms with Crippen molar-refractivity contribution in [2.45, 2.75) is 56.9 Å². The molecule has 2 heterocycles. The van der Waals surface area contributed by atoms with Crippen LogP contribution in [0.5, 0.6) is 0 Å². The van der Waals surface area contributed by atoms with Crippen LogP contribution in [0.4, 0.5) is 0 Å². The maximum absolute atomic E-state index is 13.1. The molecule has 150 valence electrons. The van der Waals surface area contributed by atoms with Crippen molar-refractivity contribution in [1.82, 2.24) is 15.5 Å². The van der Waals surface area contributed by atoms with Crippen LogP contribution in [0, 0.1) is 23.2 Å². The van der Waals surface area contributed by atoms with Crippen LogP contribution in [0.15, 0.2) is 0 Å². The van der Waals surface area contributed by atoms with E-state index in [9.17, 15) is 14.9 Å². The van der Waals surface area contributed by atoms with Crippen LogP contribution >= 0.6 is 0 Å². The fourth-order valence-electron chi connectivity index (χ4n) is 4.52. The summed E-state index contributed by atoms with van der Waals surface area (Å²) in [5.74, 6) is 0.0539. The average Bonchev–Trinajstić information content (AvgIpc) is 3.18. The lowest BCUT2D eigenvalue weighted by Gasteiger charge is -2.31. The molecule has 2 atom stereocenters. The summed E-state index contributed by atoms with van der Waals surface area (Å²) < 4.78 is 5.32. The highest BCUT2D eigenvalue weighted by Crippen LogP contribution is 2.31. The van der Waals surface area contributed by atoms with Crippen LogP contribution in [-0.4, -0.2) is 61.6 Å². The third kappa shape index (κ3) is 5.43. The molecule has 0 aromatic carbocycles. The number of nitriles is 1. The van der Waals surface area contributed by atoms with Crippen LogP contribution in [0.3, 0.4) is 0 Å². The van der Waals surface area contributed by atoms with Gasteiger partial charge >= 0.3 is 0 Å². The van der Waals surface area contributed by atoms with E-state index in [0.717, 1.165) is 25.8 Å². The van der Waals surface area contributed by atoms with Gasteiger partial charge in [0.25, 0.3) is 0 Å². The minimum absolute atomic E-state index is 0.0322. The molecule has 3 fully saturated rings. The summed E-state index contributed by atoms with van der Waals surface area (Å²) in [6.07, 6.45) is 7.56. The first-order valence-corrected chi connectivity index (χ1v) is 10.4. The quantitative estimate of drug-likeness (QED) is 0.726. The topological polar surface area (TPSA) is 94.5 Å². The smallest absolute Gasteiger partial charge is 0.224 e. The van der Waals surface area contributed by atoms with Crippen LogP contribution < -0.4 is 10.6 Å². The molecule has 3 aliphatic rings. The zero-order chi connectivity index (χ0) is 19.1. The van der Waals surface area contributed by atoms with Gasteiger partial charge in [-0.05, 0) is 25.3 Å². The molecule has 0 aromatic rings. The Bertz CT molecular complexity index is 556. The number of amides is 2. The first-order chi connectivity index (χ1) is 13.1. The second-order valence-corrected chi connectivity index (χ2v) is 8.24. The third-order valence-corrected chi connectivity index (χ3v) is 6.23. The second-order valence-electron chi connectivity index (χ2n) is 8.24. The summed E-state index contributed by atoms with van der Waals surface area (Å²) in [5.41, 5.74) is -0.829. The predicted octanol–water partition coefficient (Wildman–Crippen LogP) is 1.19. The van der Waals surface area contributed by atoms with E-state index in [1.165, 1.54) is 19.3 Å². The zero-order valence-corrected chi connectivity index (χ0v) is 16.2. The van der Waals surface area contributed by atoms with Gasteiger partial charge in [0.2, 0.25) is 11.8 Å². The van der Waals surface area contributed by atoms with Gasteiger partial charge in [-0.2, -0.15) is 5.26 Å². The Balaban J connectivity index is 1.65. The summed E-state index contributed by atoms with van der Waals surface area (Å²) in [5, 5.41) is 15.7. The van der Waals surface area contributed by atoms with Gasteiger partial charge in [0.1, 0.15) is 5.54 Å². The van der Waals surface area contributed by atoms with Gasteiger partial charge in [-0.1, -0.05) is 32.1 Å². The molecule has 0 radical (unpaired) electrons. The number of rotatable bonds is 6. The van der Waals surface area contributed by atoms with E-state index >= 15 is 0 Å². The Morgan fingerprint density at radius 3 is 2.63 bits per heavy atom. The fourth-order valence-corrected chi connectivity index (χ4v) is 4.52. The number of carbonyl (C=O) groups is 2. The Morgan fingerprint density at radius 1 is 1.26 bits per heavy atom. The van der Waals surface area contributed by atoms with E-state index in [1.54, 1.807) is 0 Å². The van der Waals surface area contributed by atoms with Crippen molar-refractivity contribution in [3.63, 3.8) is 0 Å². The molecule has 2 N–H and O–H groups in total. The first-order valence-electron chi connectivity index (χ1n) is 10.4. The van der Waals surface area contributed by atoms with Crippen molar-refractivity contribution in [1.29, 1.82) is 5.26 Å². The van der Waals surface area contributed by atoms with Gasteiger partial charge < -0.3 is 20.3 Å². The molecular weight excluding hydrogens is 344 g/mol. The van der Waals surface area contributed by atoms with Crippen LogP contribution in [-0.2, 0) is 14.3 Å². The SMILES string of the molecule is N#C[C@]1(NC(=O)[C@@H](CC(=O)N2CCOCC2)CC2CCCCC2)CCNC1. The summed E-state index contributed by atoms with van der Waals surface area (Å²) in [6, 6.07) is 2.28. The van der Waals surface area contributed by atoms with Gasteiger partial charge in [-0.25, -0.2) is 0 Å². The molecule has 0 spiro atoms. The average molecular weight is 377 g/mol. The molecule has 3 rings (SSSR count). The number of carbonyl (C=O) groups excluding carboxylic acids is 2. The van der Waals surface area contributed by atoms with Crippen molar-refractivity contribution in [3.05, 3.63) is 0 Å². The molecule has 0 unspecified atom stereocenters. The Hall–Kier alpha value is -1.65. The maximum Gasteiger partial charge on any atom is 0.224 e. The van der Waals surface area contributed by atoms with Crippen molar-refractivity contribution in [2.75, 3.05) is 39.4 Å². The number of ether oxygens (including phenoxy) is 1. The van der Waals surface area contributed by atoms with Crippen LogP contribution in [0.2, 0.25) is 0 Å². The monoisotopic (exact) mass is 376 g/mol. The zero-order valence-electron chi connectivity index (χ0n) is 16.2. The van der Waals surface area contributed by atoms with Crippen molar-refractivity contribution in [3.8, 4) is 6.07 Å². The second kappa shape index (κ2) is 9.52. The highest BCUT2D eigenvalue weighted by atomic mass is 16.5. The van der Waals surface area contributed by atoms with Gasteiger partial charge in [-0.15, -0.1) is 0 Å². The van der Waals surface area contributed by atoms with Gasteiger partial charge in [0.05, 0.1) is 19.3 Å². The molecule has 2 saturated heterocycles. The van der Waals surface area contributed by atoms with Crippen molar-refractivity contribution < 1.29 is 14.3 Å². The highest BCUT2D eigenvalue weighted by molar-refractivity contribution is 5.86. The van der Waals surface area contributed by atoms with Gasteiger partial charge in [0.15, 0.2) is 0 Å². The minimum atomic E-state index is -0.829. The Labute approximate surface area is 161 Å². The number of nitrogens with one attached hydrogen (secondary N) is 2. The predicted molar refractivity (Wildman–Crippen MR) is 101 cm³/mol. The van der Waals surface area contributed by atoms with Crippen LogP contribution in [0.1, 0.15) is 51.4 Å². The first kappa shape index (κ1) is 20.1. The van der Waals surface area contributed by atoms with E-state index in [1.807, 2.05) is 4.90 Å². The lowest BCUT2D eigenvalue weighted by Crippen LogP contribution is -2.52. The fraction of sp³-hybridized carbons (Fsp3) is 0.850. The van der Waals surface area contributed by atoms with Gasteiger partial charge in [0, 0.05) is 32.0 Å². The molecule has 27 heavy (non-hydrogen) atoms. The number of hydrogen-bond acceptors (Lipinski definition) is 5. The van der Waals surface area contributed by atoms with E-state index in [4.69, 9.17) is 4.74 Å². The minimum Gasteiger partial charge on any atom is -0.378 e. The van der Waals surface area contributed by atoms with Gasteiger partial charge in [-0.3, -0.25) is 9.59 Å². The Morgan fingerprint density at radius 2 is 2.00 bits per heavy atom. The standard InChI is InChI=1S/C20H32N4O3/c21-14-20(6-7-22-15-20)23-19(26)17(12-16-4-2-1-3-5-16)13-18(25)24-8-10-27-11-9-24/h16-17,22H,1-13,15H2,(H,23,26)/t17-,20-/m1/s1. The normalized spacial score (nSPS) is 27.7.